The molecule has 0 amide bonds. The third kappa shape index (κ3) is 4.17. The van der Waals surface area contributed by atoms with Gasteiger partial charge in [-0.2, -0.15) is 0 Å². The molecule has 1 aromatic rings. The second kappa shape index (κ2) is 7.88. The normalized spacial score (nSPS) is 16.8. The molecule has 0 aliphatic carbocycles. The first-order chi connectivity index (χ1) is 10.5. The molecule has 0 bridgehead atoms. The number of nitrogens with two attached hydrogens (primary N) is 1. The van der Waals surface area contributed by atoms with Gasteiger partial charge in [0.15, 0.2) is 0 Å². The summed E-state index contributed by atoms with van der Waals surface area (Å²) in [7, 11) is 0. The summed E-state index contributed by atoms with van der Waals surface area (Å²) in [6.07, 6.45) is 2.38. The quantitative estimate of drug-likeness (QED) is 0.873. The molecule has 1 aliphatic rings. The Morgan fingerprint density at radius 1 is 1.32 bits per heavy atom. The van der Waals surface area contributed by atoms with Crippen LogP contribution >= 0.6 is 0 Å². The van der Waals surface area contributed by atoms with Crippen LogP contribution in [-0.4, -0.2) is 53.6 Å². The van der Waals surface area contributed by atoms with Gasteiger partial charge in [-0.3, -0.25) is 4.90 Å². The predicted molar refractivity (Wildman–Crippen MR) is 92.4 cm³/mol. The summed E-state index contributed by atoms with van der Waals surface area (Å²) in [4.78, 5) is 14.2. The van der Waals surface area contributed by atoms with Gasteiger partial charge in [0, 0.05) is 49.9 Å². The summed E-state index contributed by atoms with van der Waals surface area (Å²) in [5, 5.41) is 0. The van der Waals surface area contributed by atoms with Crippen LogP contribution in [0.4, 0.5) is 5.82 Å². The van der Waals surface area contributed by atoms with Gasteiger partial charge < -0.3 is 10.6 Å². The lowest BCUT2D eigenvalue weighted by Gasteiger charge is -2.38. The van der Waals surface area contributed by atoms with Crippen LogP contribution < -0.4 is 10.6 Å². The maximum Gasteiger partial charge on any atom is 0.133 e. The average Bonchev–Trinajstić information content (AvgIpc) is 2.52. The van der Waals surface area contributed by atoms with Crippen molar-refractivity contribution < 1.29 is 0 Å². The molecule has 1 aliphatic heterocycles. The van der Waals surface area contributed by atoms with E-state index in [1.54, 1.807) is 0 Å². The standard InChI is InChI=1S/C17H31N5/c1-5-21(11-8-18)15-6-9-22(10-7-15)16-12-14(4)19-17(20-16)13(2)3/h12-13,15H,5-11,18H2,1-4H3. The molecule has 22 heavy (non-hydrogen) atoms. The molecule has 0 saturated carbocycles. The maximum absolute atomic E-state index is 5.72. The van der Waals surface area contributed by atoms with Gasteiger partial charge in [-0.25, -0.2) is 9.97 Å². The highest BCUT2D eigenvalue weighted by Gasteiger charge is 2.24. The topological polar surface area (TPSA) is 58.3 Å². The Morgan fingerprint density at radius 2 is 2.00 bits per heavy atom. The molecule has 0 unspecified atom stereocenters. The first-order valence-corrected chi connectivity index (χ1v) is 8.59. The molecule has 0 radical (unpaired) electrons. The molecular formula is C17H31N5. The summed E-state index contributed by atoms with van der Waals surface area (Å²) in [6.45, 7) is 13.6. The second-order valence-electron chi connectivity index (χ2n) is 6.52. The maximum atomic E-state index is 5.72. The second-order valence-corrected chi connectivity index (χ2v) is 6.52. The van der Waals surface area contributed by atoms with Crippen LogP contribution in [0, 0.1) is 6.92 Å². The number of aryl methyl sites for hydroxylation is 1. The predicted octanol–water partition coefficient (Wildman–Crippen LogP) is 2.16. The molecule has 2 N–H and O–H groups in total. The Morgan fingerprint density at radius 3 is 2.55 bits per heavy atom. The average molecular weight is 305 g/mol. The largest absolute Gasteiger partial charge is 0.356 e. The zero-order valence-corrected chi connectivity index (χ0v) is 14.5. The van der Waals surface area contributed by atoms with Crippen LogP contribution in [0.2, 0.25) is 0 Å². The number of nitrogens with zero attached hydrogens (tertiary/aromatic N) is 4. The van der Waals surface area contributed by atoms with E-state index < -0.39 is 0 Å². The number of aromatic nitrogens is 2. The van der Waals surface area contributed by atoms with E-state index in [1.807, 2.05) is 0 Å². The summed E-state index contributed by atoms with van der Waals surface area (Å²) in [5.41, 5.74) is 6.79. The Bertz CT molecular complexity index is 466. The number of rotatable bonds is 6. The minimum Gasteiger partial charge on any atom is -0.356 e. The Balaban J connectivity index is 2.02. The van der Waals surface area contributed by atoms with E-state index in [2.05, 4.69) is 48.5 Å². The van der Waals surface area contributed by atoms with Crippen LogP contribution in [0.25, 0.3) is 0 Å². The molecule has 5 heteroatoms. The first kappa shape index (κ1) is 17.2. The van der Waals surface area contributed by atoms with Crippen molar-refractivity contribution in [1.82, 2.24) is 14.9 Å². The van der Waals surface area contributed by atoms with Crippen LogP contribution in [0.1, 0.15) is 51.0 Å². The molecule has 1 saturated heterocycles. The molecule has 5 nitrogen and oxygen atoms in total. The van der Waals surface area contributed by atoms with E-state index in [9.17, 15) is 0 Å². The monoisotopic (exact) mass is 305 g/mol. The van der Waals surface area contributed by atoms with E-state index in [-0.39, 0.29) is 0 Å². The van der Waals surface area contributed by atoms with E-state index in [1.165, 1.54) is 12.8 Å². The molecule has 0 aromatic carbocycles. The summed E-state index contributed by atoms with van der Waals surface area (Å²) in [5.74, 6) is 2.42. The van der Waals surface area contributed by atoms with Crippen LogP contribution in [-0.2, 0) is 0 Å². The van der Waals surface area contributed by atoms with Crippen molar-refractivity contribution in [2.24, 2.45) is 5.73 Å². The minimum atomic E-state index is 0.372. The molecule has 2 rings (SSSR count). The first-order valence-electron chi connectivity index (χ1n) is 8.59. The van der Waals surface area contributed by atoms with Gasteiger partial charge in [-0.1, -0.05) is 20.8 Å². The number of piperidine rings is 1. The van der Waals surface area contributed by atoms with Gasteiger partial charge in [0.25, 0.3) is 0 Å². The Kier molecular flexibility index (Phi) is 6.15. The van der Waals surface area contributed by atoms with Gasteiger partial charge >= 0.3 is 0 Å². The SMILES string of the molecule is CCN(CCN)C1CCN(c2cc(C)nc(C(C)C)n2)CC1. The van der Waals surface area contributed by atoms with Gasteiger partial charge in [0.2, 0.25) is 0 Å². The number of anilines is 1. The summed E-state index contributed by atoms with van der Waals surface area (Å²) >= 11 is 0. The Labute approximate surface area is 134 Å². The molecular weight excluding hydrogens is 274 g/mol. The lowest BCUT2D eigenvalue weighted by atomic mass is 10.0. The summed E-state index contributed by atoms with van der Waals surface area (Å²) < 4.78 is 0. The van der Waals surface area contributed by atoms with Gasteiger partial charge in [0.1, 0.15) is 11.6 Å². The molecule has 1 fully saturated rings. The molecule has 0 spiro atoms. The zero-order chi connectivity index (χ0) is 16.1. The van der Waals surface area contributed by atoms with E-state index >= 15 is 0 Å². The highest BCUT2D eigenvalue weighted by Crippen LogP contribution is 2.23. The molecule has 124 valence electrons. The Hall–Kier alpha value is -1.20. The van der Waals surface area contributed by atoms with E-state index in [4.69, 9.17) is 10.7 Å². The fourth-order valence-electron chi connectivity index (χ4n) is 3.22. The molecule has 2 heterocycles. The van der Waals surface area contributed by atoms with E-state index in [0.29, 0.717) is 12.0 Å². The fourth-order valence-corrected chi connectivity index (χ4v) is 3.22. The van der Waals surface area contributed by atoms with Gasteiger partial charge in [-0.15, -0.1) is 0 Å². The zero-order valence-electron chi connectivity index (χ0n) is 14.5. The third-order valence-electron chi connectivity index (χ3n) is 4.50. The van der Waals surface area contributed by atoms with Crippen molar-refractivity contribution >= 4 is 5.82 Å². The highest BCUT2D eigenvalue weighted by molar-refractivity contribution is 5.40. The van der Waals surface area contributed by atoms with Crippen molar-refractivity contribution in [2.75, 3.05) is 37.6 Å². The van der Waals surface area contributed by atoms with E-state index in [0.717, 1.165) is 50.1 Å². The van der Waals surface area contributed by atoms with Crippen LogP contribution in [0.5, 0.6) is 0 Å². The highest BCUT2D eigenvalue weighted by atomic mass is 15.2. The van der Waals surface area contributed by atoms with Gasteiger partial charge in [0.05, 0.1) is 0 Å². The number of hydrogen-bond donors (Lipinski definition) is 1. The van der Waals surface area contributed by atoms with Crippen molar-refractivity contribution in [3.8, 4) is 0 Å². The number of likely N-dealkylation sites (N-methyl/N-ethyl adjacent to an activating group) is 1. The van der Waals surface area contributed by atoms with Crippen LogP contribution in [0.15, 0.2) is 6.07 Å². The van der Waals surface area contributed by atoms with Crippen LogP contribution in [0.3, 0.4) is 0 Å². The lowest BCUT2D eigenvalue weighted by molar-refractivity contribution is 0.182. The number of hydrogen-bond acceptors (Lipinski definition) is 5. The van der Waals surface area contributed by atoms with Crippen molar-refractivity contribution in [1.29, 1.82) is 0 Å². The minimum absolute atomic E-state index is 0.372. The summed E-state index contributed by atoms with van der Waals surface area (Å²) in [6, 6.07) is 2.78. The smallest absolute Gasteiger partial charge is 0.133 e. The third-order valence-corrected chi connectivity index (χ3v) is 4.50. The lowest BCUT2D eigenvalue weighted by Crippen LogP contribution is -2.46. The fraction of sp³-hybridized carbons (Fsp3) is 0.765. The van der Waals surface area contributed by atoms with Crippen molar-refractivity contribution in [3.63, 3.8) is 0 Å². The van der Waals surface area contributed by atoms with Crippen molar-refractivity contribution in [3.05, 3.63) is 17.6 Å². The van der Waals surface area contributed by atoms with Crippen molar-refractivity contribution in [2.45, 2.75) is 52.5 Å². The molecule has 0 atom stereocenters. The molecule has 1 aromatic heterocycles. The van der Waals surface area contributed by atoms with Gasteiger partial charge in [-0.05, 0) is 26.3 Å².